The van der Waals surface area contributed by atoms with Gasteiger partial charge in [-0.25, -0.2) is 4.98 Å². The minimum atomic E-state index is -0.0983. The van der Waals surface area contributed by atoms with Gasteiger partial charge in [0, 0.05) is 43.0 Å². The maximum absolute atomic E-state index is 12.1. The fourth-order valence-corrected chi connectivity index (χ4v) is 4.07. The monoisotopic (exact) mass is 352 g/mol. The summed E-state index contributed by atoms with van der Waals surface area (Å²) < 4.78 is 0. The van der Waals surface area contributed by atoms with E-state index in [9.17, 15) is 4.79 Å². The van der Waals surface area contributed by atoms with Crippen LogP contribution in [0, 0.1) is 0 Å². The molecular formula is C19H20N4OS. The van der Waals surface area contributed by atoms with E-state index in [1.807, 2.05) is 12.1 Å². The Balaban J connectivity index is 1.56. The lowest BCUT2D eigenvalue weighted by Gasteiger charge is -2.32. The van der Waals surface area contributed by atoms with Crippen molar-refractivity contribution in [3.8, 4) is 11.4 Å². The lowest BCUT2D eigenvalue weighted by molar-refractivity contribution is 0.198. The minimum Gasteiger partial charge on any atom is -0.306 e. The molecule has 0 unspecified atom stereocenters. The molecule has 0 radical (unpaired) electrons. The van der Waals surface area contributed by atoms with Gasteiger partial charge in [0.1, 0.15) is 5.82 Å². The zero-order chi connectivity index (χ0) is 17.1. The number of aromatic amines is 1. The first-order valence-electron chi connectivity index (χ1n) is 8.53. The van der Waals surface area contributed by atoms with Crippen molar-refractivity contribution in [1.82, 2.24) is 19.9 Å². The number of hydrogen-bond donors (Lipinski definition) is 1. The van der Waals surface area contributed by atoms with E-state index in [-0.39, 0.29) is 5.56 Å². The molecule has 1 saturated heterocycles. The Bertz CT molecular complexity index is 876. The summed E-state index contributed by atoms with van der Waals surface area (Å²) >= 11 is 1.74. The number of likely N-dealkylation sites (tertiary alicyclic amines) is 1. The molecule has 0 saturated carbocycles. The lowest BCUT2D eigenvalue weighted by atomic mass is 9.94. The van der Waals surface area contributed by atoms with Crippen LogP contribution < -0.4 is 5.56 Å². The molecule has 6 heteroatoms. The summed E-state index contributed by atoms with van der Waals surface area (Å²) in [7, 11) is 0. The van der Waals surface area contributed by atoms with E-state index in [2.05, 4.69) is 31.7 Å². The Morgan fingerprint density at radius 1 is 1.36 bits per heavy atom. The predicted molar refractivity (Wildman–Crippen MR) is 99.7 cm³/mol. The molecule has 25 heavy (non-hydrogen) atoms. The average molecular weight is 352 g/mol. The van der Waals surface area contributed by atoms with Crippen LogP contribution in [0.1, 0.15) is 30.0 Å². The van der Waals surface area contributed by atoms with Crippen LogP contribution >= 0.6 is 11.3 Å². The summed E-state index contributed by atoms with van der Waals surface area (Å²) in [5.74, 6) is 0.899. The molecule has 5 nitrogen and oxygen atoms in total. The van der Waals surface area contributed by atoms with Crippen molar-refractivity contribution in [3.05, 3.63) is 69.0 Å². The largest absolute Gasteiger partial charge is 0.306 e. The quantitative estimate of drug-likeness (QED) is 0.783. The van der Waals surface area contributed by atoms with E-state index in [4.69, 9.17) is 4.98 Å². The maximum Gasteiger partial charge on any atom is 0.251 e. The molecule has 0 aromatic carbocycles. The third-order valence-corrected chi connectivity index (χ3v) is 5.34. The van der Waals surface area contributed by atoms with Crippen molar-refractivity contribution >= 4 is 11.3 Å². The number of nitrogens with one attached hydrogen (secondary N) is 1. The minimum absolute atomic E-state index is 0.0983. The molecule has 128 valence electrons. The molecule has 0 amide bonds. The van der Waals surface area contributed by atoms with E-state index in [1.54, 1.807) is 29.8 Å². The van der Waals surface area contributed by atoms with E-state index in [0.717, 1.165) is 43.7 Å². The fraction of sp³-hybridized carbons (Fsp3) is 0.316. The van der Waals surface area contributed by atoms with Gasteiger partial charge in [-0.15, -0.1) is 0 Å². The number of hydrogen-bond acceptors (Lipinski definition) is 5. The van der Waals surface area contributed by atoms with Gasteiger partial charge in [0.25, 0.3) is 5.56 Å². The smallest absolute Gasteiger partial charge is 0.251 e. The van der Waals surface area contributed by atoms with E-state index >= 15 is 0 Å². The molecule has 1 aliphatic heterocycles. The summed E-state index contributed by atoms with van der Waals surface area (Å²) in [5.41, 5.74) is 2.99. The highest BCUT2D eigenvalue weighted by atomic mass is 32.1. The summed E-state index contributed by atoms with van der Waals surface area (Å²) in [4.78, 5) is 26.3. The van der Waals surface area contributed by atoms with Crippen LogP contribution in [-0.4, -0.2) is 32.9 Å². The third-order valence-electron chi connectivity index (χ3n) is 4.61. The normalized spacial score (nSPS) is 18.3. The van der Waals surface area contributed by atoms with Crippen LogP contribution in [0.2, 0.25) is 0 Å². The second-order valence-electron chi connectivity index (χ2n) is 6.47. The lowest BCUT2D eigenvalue weighted by Crippen LogP contribution is -2.34. The van der Waals surface area contributed by atoms with Gasteiger partial charge < -0.3 is 4.98 Å². The zero-order valence-electron chi connectivity index (χ0n) is 13.9. The Kier molecular flexibility index (Phi) is 4.72. The number of H-pyrrole nitrogens is 1. The zero-order valence-corrected chi connectivity index (χ0v) is 14.7. The van der Waals surface area contributed by atoms with Crippen LogP contribution in [0.15, 0.2) is 52.2 Å². The van der Waals surface area contributed by atoms with Gasteiger partial charge in [0.05, 0.1) is 5.69 Å². The second kappa shape index (κ2) is 7.29. The molecule has 1 fully saturated rings. The Morgan fingerprint density at radius 3 is 3.12 bits per heavy atom. The summed E-state index contributed by atoms with van der Waals surface area (Å²) in [6, 6.07) is 7.60. The number of rotatable bonds is 4. The molecule has 4 rings (SSSR count). The summed E-state index contributed by atoms with van der Waals surface area (Å²) in [6.45, 7) is 3.02. The SMILES string of the molecule is O=c1cc([C@H]2CCCN(Cc3ccsc3)C2)nc(-c2cccnc2)[nH]1. The van der Waals surface area contributed by atoms with Gasteiger partial charge in [0.2, 0.25) is 0 Å². The fourth-order valence-electron chi connectivity index (χ4n) is 3.41. The Labute approximate surface area is 150 Å². The van der Waals surface area contributed by atoms with Crippen LogP contribution in [0.4, 0.5) is 0 Å². The molecule has 3 aromatic heterocycles. The van der Waals surface area contributed by atoms with Gasteiger partial charge in [-0.1, -0.05) is 0 Å². The standard InChI is InChI=1S/C19H20N4OS/c24-18-9-17(21-19(22-18)15-3-1-6-20-10-15)16-4-2-7-23(12-16)11-14-5-8-25-13-14/h1,3,5-6,8-10,13,16H,2,4,7,11-12H2,(H,21,22,24)/t16-/m0/s1. The molecule has 0 aliphatic carbocycles. The molecule has 1 N–H and O–H groups in total. The van der Waals surface area contributed by atoms with Crippen LogP contribution in [0.25, 0.3) is 11.4 Å². The van der Waals surface area contributed by atoms with Gasteiger partial charge in [-0.05, 0) is 53.9 Å². The second-order valence-corrected chi connectivity index (χ2v) is 7.25. The molecule has 1 atom stereocenters. The van der Waals surface area contributed by atoms with Crippen molar-refractivity contribution in [2.24, 2.45) is 0 Å². The van der Waals surface area contributed by atoms with Crippen molar-refractivity contribution in [3.63, 3.8) is 0 Å². The topological polar surface area (TPSA) is 61.9 Å². The number of piperidine rings is 1. The first-order chi connectivity index (χ1) is 12.3. The Morgan fingerprint density at radius 2 is 2.32 bits per heavy atom. The van der Waals surface area contributed by atoms with Crippen molar-refractivity contribution in [2.45, 2.75) is 25.3 Å². The van der Waals surface area contributed by atoms with E-state index in [1.165, 1.54) is 5.56 Å². The van der Waals surface area contributed by atoms with Gasteiger partial charge in [0.15, 0.2) is 0 Å². The first kappa shape index (κ1) is 16.2. The van der Waals surface area contributed by atoms with Crippen LogP contribution in [-0.2, 0) is 6.54 Å². The highest BCUT2D eigenvalue weighted by Crippen LogP contribution is 2.27. The van der Waals surface area contributed by atoms with Crippen molar-refractivity contribution in [1.29, 1.82) is 0 Å². The van der Waals surface area contributed by atoms with Crippen molar-refractivity contribution in [2.75, 3.05) is 13.1 Å². The highest BCUT2D eigenvalue weighted by molar-refractivity contribution is 7.07. The summed E-state index contributed by atoms with van der Waals surface area (Å²) in [6.07, 6.45) is 5.65. The Hall–Kier alpha value is -2.31. The van der Waals surface area contributed by atoms with E-state index in [0.29, 0.717) is 11.7 Å². The number of nitrogens with zero attached hydrogens (tertiary/aromatic N) is 3. The number of pyridine rings is 1. The van der Waals surface area contributed by atoms with Gasteiger partial charge in [-0.3, -0.25) is 14.7 Å². The number of aromatic nitrogens is 3. The highest BCUT2D eigenvalue weighted by Gasteiger charge is 2.23. The molecule has 3 aromatic rings. The summed E-state index contributed by atoms with van der Waals surface area (Å²) in [5, 5.41) is 4.32. The van der Waals surface area contributed by atoms with Crippen LogP contribution in [0.5, 0.6) is 0 Å². The molecule has 0 bridgehead atoms. The molecular weight excluding hydrogens is 332 g/mol. The number of thiophene rings is 1. The van der Waals surface area contributed by atoms with Gasteiger partial charge >= 0.3 is 0 Å². The molecule has 0 spiro atoms. The maximum atomic E-state index is 12.1. The first-order valence-corrected chi connectivity index (χ1v) is 9.47. The third kappa shape index (κ3) is 3.86. The van der Waals surface area contributed by atoms with Gasteiger partial charge in [-0.2, -0.15) is 11.3 Å². The molecule has 4 heterocycles. The predicted octanol–water partition coefficient (Wildman–Crippen LogP) is 3.27. The van der Waals surface area contributed by atoms with E-state index < -0.39 is 0 Å². The van der Waals surface area contributed by atoms with Crippen LogP contribution in [0.3, 0.4) is 0 Å². The average Bonchev–Trinajstić information content (AvgIpc) is 3.15. The van der Waals surface area contributed by atoms with Crippen molar-refractivity contribution < 1.29 is 0 Å². The molecule has 1 aliphatic rings.